The van der Waals surface area contributed by atoms with Gasteiger partial charge in [-0.25, -0.2) is 4.79 Å². The van der Waals surface area contributed by atoms with Gasteiger partial charge in [-0.1, -0.05) is 6.92 Å². The molecule has 6 nitrogen and oxygen atoms in total. The quantitative estimate of drug-likeness (QED) is 0.622. The van der Waals surface area contributed by atoms with Crippen molar-refractivity contribution in [2.75, 3.05) is 13.7 Å². The summed E-state index contributed by atoms with van der Waals surface area (Å²) in [7, 11) is 1.15. The highest BCUT2D eigenvalue weighted by atomic mass is 16.5. The van der Waals surface area contributed by atoms with Crippen molar-refractivity contribution in [1.29, 1.82) is 5.26 Å². The van der Waals surface area contributed by atoms with E-state index in [1.165, 1.54) is 6.92 Å². The van der Waals surface area contributed by atoms with Crippen LogP contribution in [0.3, 0.4) is 0 Å². The number of rotatable bonds is 5. The van der Waals surface area contributed by atoms with Crippen LogP contribution in [0.5, 0.6) is 0 Å². The molecule has 0 aliphatic heterocycles. The van der Waals surface area contributed by atoms with Crippen LogP contribution in [0.4, 0.5) is 0 Å². The summed E-state index contributed by atoms with van der Waals surface area (Å²) in [6.45, 7) is 2.59. The van der Waals surface area contributed by atoms with Gasteiger partial charge in [0.2, 0.25) is 5.91 Å². The summed E-state index contributed by atoms with van der Waals surface area (Å²) in [5, 5.41) is 20.0. The van der Waals surface area contributed by atoms with Crippen molar-refractivity contribution < 1.29 is 19.4 Å². The van der Waals surface area contributed by atoms with E-state index in [4.69, 9.17) is 10.4 Å². The topological polar surface area (TPSA) is 99.4 Å². The Bertz CT molecular complexity index is 310. The molecule has 2 N–H and O–H groups in total. The van der Waals surface area contributed by atoms with Crippen LogP contribution < -0.4 is 5.32 Å². The first-order chi connectivity index (χ1) is 7.45. The second-order valence-electron chi connectivity index (χ2n) is 3.53. The van der Waals surface area contributed by atoms with Gasteiger partial charge in [-0.3, -0.25) is 4.79 Å². The lowest BCUT2D eigenvalue weighted by Gasteiger charge is -2.21. The van der Waals surface area contributed by atoms with Crippen LogP contribution in [-0.4, -0.2) is 36.7 Å². The number of esters is 1. The van der Waals surface area contributed by atoms with Crippen molar-refractivity contribution in [2.24, 2.45) is 5.41 Å². The van der Waals surface area contributed by atoms with Gasteiger partial charge in [0, 0.05) is 0 Å². The van der Waals surface area contributed by atoms with E-state index < -0.39 is 29.9 Å². The highest BCUT2D eigenvalue weighted by Crippen LogP contribution is 2.19. The minimum atomic E-state index is -1.21. The summed E-state index contributed by atoms with van der Waals surface area (Å²) in [4.78, 5) is 22.8. The molecule has 0 aromatic carbocycles. The normalized spacial score (nSPS) is 15.4. The zero-order valence-electron chi connectivity index (χ0n) is 9.61. The summed E-state index contributed by atoms with van der Waals surface area (Å²) in [5.41, 5.74) is -1.21. The Hall–Kier alpha value is -1.61. The van der Waals surface area contributed by atoms with E-state index in [0.717, 1.165) is 7.11 Å². The van der Waals surface area contributed by atoms with Gasteiger partial charge in [0.25, 0.3) is 0 Å². The maximum atomic E-state index is 11.7. The first-order valence-corrected chi connectivity index (χ1v) is 4.86. The Kier molecular flexibility index (Phi) is 5.47. The molecule has 90 valence electrons. The smallest absolute Gasteiger partial charge is 0.330 e. The molecule has 0 aromatic heterocycles. The molecule has 0 saturated carbocycles. The van der Waals surface area contributed by atoms with Crippen molar-refractivity contribution in [2.45, 2.75) is 26.3 Å². The van der Waals surface area contributed by atoms with Crippen LogP contribution in [0.25, 0.3) is 0 Å². The zero-order chi connectivity index (χ0) is 12.8. The second kappa shape index (κ2) is 6.08. The lowest BCUT2D eigenvalue weighted by atomic mass is 9.88. The van der Waals surface area contributed by atoms with Crippen molar-refractivity contribution in [3.63, 3.8) is 0 Å². The molecule has 0 saturated heterocycles. The van der Waals surface area contributed by atoms with E-state index in [9.17, 15) is 9.59 Å². The lowest BCUT2D eigenvalue weighted by Crippen LogP contribution is -2.49. The van der Waals surface area contributed by atoms with Crippen molar-refractivity contribution in [1.82, 2.24) is 5.32 Å². The average molecular weight is 228 g/mol. The Labute approximate surface area is 94.2 Å². The average Bonchev–Trinajstić information content (AvgIpc) is 2.33. The Balaban J connectivity index is 4.66. The number of methoxy groups -OCH3 is 1. The Morgan fingerprint density at radius 3 is 2.50 bits per heavy atom. The lowest BCUT2D eigenvalue weighted by molar-refractivity contribution is -0.147. The minimum absolute atomic E-state index is 0.314. The number of nitriles is 1. The Morgan fingerprint density at radius 2 is 2.19 bits per heavy atom. The third-order valence-electron chi connectivity index (χ3n) is 2.43. The van der Waals surface area contributed by atoms with E-state index >= 15 is 0 Å². The molecule has 0 fully saturated rings. The predicted octanol–water partition coefficient (Wildman–Crippen LogP) is -0.424. The van der Waals surface area contributed by atoms with E-state index in [-0.39, 0.29) is 0 Å². The van der Waals surface area contributed by atoms with E-state index in [1.807, 2.05) is 6.07 Å². The summed E-state index contributed by atoms with van der Waals surface area (Å²) < 4.78 is 4.39. The van der Waals surface area contributed by atoms with E-state index in [1.54, 1.807) is 6.92 Å². The van der Waals surface area contributed by atoms with Gasteiger partial charge < -0.3 is 15.2 Å². The molecule has 0 spiro atoms. The van der Waals surface area contributed by atoms with E-state index in [0.29, 0.717) is 6.42 Å². The maximum Gasteiger partial charge on any atom is 0.330 e. The number of nitrogens with one attached hydrogen (secondary N) is 1. The van der Waals surface area contributed by atoms with Gasteiger partial charge in [-0.05, 0) is 13.3 Å². The van der Waals surface area contributed by atoms with Gasteiger partial charge in [-0.15, -0.1) is 0 Å². The van der Waals surface area contributed by atoms with E-state index in [2.05, 4.69) is 10.1 Å². The fourth-order valence-electron chi connectivity index (χ4n) is 0.929. The molecule has 16 heavy (non-hydrogen) atoms. The number of aliphatic hydroxyl groups excluding tert-OH is 1. The monoisotopic (exact) mass is 228 g/mol. The Morgan fingerprint density at radius 1 is 1.62 bits per heavy atom. The van der Waals surface area contributed by atoms with Gasteiger partial charge in [0.15, 0.2) is 6.04 Å². The third-order valence-corrected chi connectivity index (χ3v) is 2.43. The SMILES string of the molecule is CCC(C)(C#N)C(=O)NC(CO)C(=O)OC. The molecule has 0 aliphatic rings. The van der Waals surface area contributed by atoms with Crippen molar-refractivity contribution in [3.8, 4) is 6.07 Å². The molecule has 0 aliphatic carbocycles. The van der Waals surface area contributed by atoms with Gasteiger partial charge in [-0.2, -0.15) is 5.26 Å². The molecule has 0 aromatic rings. The molecule has 1 amide bonds. The maximum absolute atomic E-state index is 11.7. The molecule has 0 rings (SSSR count). The first-order valence-electron chi connectivity index (χ1n) is 4.86. The fraction of sp³-hybridized carbons (Fsp3) is 0.700. The number of amides is 1. The number of ether oxygens (including phenoxy) is 1. The summed E-state index contributed by atoms with van der Waals surface area (Å²) >= 11 is 0. The van der Waals surface area contributed by atoms with Crippen LogP contribution in [-0.2, 0) is 14.3 Å². The summed E-state index contributed by atoms with van der Waals surface area (Å²) in [6, 6.07) is 0.740. The minimum Gasteiger partial charge on any atom is -0.467 e. The number of carbonyl (C=O) groups excluding carboxylic acids is 2. The predicted molar refractivity (Wildman–Crippen MR) is 55.0 cm³/mol. The van der Waals surface area contributed by atoms with Crippen molar-refractivity contribution >= 4 is 11.9 Å². The third kappa shape index (κ3) is 3.21. The van der Waals surface area contributed by atoms with Crippen molar-refractivity contribution in [3.05, 3.63) is 0 Å². The molecular formula is C10H16N2O4. The van der Waals surface area contributed by atoms with Crippen LogP contribution in [0.2, 0.25) is 0 Å². The number of carbonyl (C=O) groups is 2. The number of aliphatic hydroxyl groups is 1. The fourth-order valence-corrected chi connectivity index (χ4v) is 0.929. The summed E-state index contributed by atoms with van der Waals surface area (Å²) in [6.07, 6.45) is 0.314. The highest BCUT2D eigenvalue weighted by Gasteiger charge is 2.34. The number of hydrogen-bond acceptors (Lipinski definition) is 5. The molecule has 6 heteroatoms. The molecule has 0 bridgehead atoms. The number of nitrogens with zero attached hydrogens (tertiary/aromatic N) is 1. The molecule has 0 heterocycles. The first kappa shape index (κ1) is 14.4. The number of hydrogen-bond donors (Lipinski definition) is 2. The second-order valence-corrected chi connectivity index (χ2v) is 3.53. The molecular weight excluding hydrogens is 212 g/mol. The standard InChI is InChI=1S/C10H16N2O4/c1-4-10(2,6-11)9(15)12-7(5-13)8(14)16-3/h7,13H,4-5H2,1-3H3,(H,12,15). The molecule has 2 atom stereocenters. The molecule has 2 unspecified atom stereocenters. The highest BCUT2D eigenvalue weighted by molar-refractivity contribution is 5.89. The van der Waals surface area contributed by atoms with Gasteiger partial charge in [0.1, 0.15) is 5.41 Å². The van der Waals surface area contributed by atoms with Crippen LogP contribution in [0.1, 0.15) is 20.3 Å². The zero-order valence-corrected chi connectivity index (χ0v) is 9.61. The van der Waals surface area contributed by atoms with Crippen LogP contribution >= 0.6 is 0 Å². The van der Waals surface area contributed by atoms with Gasteiger partial charge in [0.05, 0.1) is 19.8 Å². The summed E-state index contributed by atoms with van der Waals surface area (Å²) in [5.74, 6) is -1.34. The van der Waals surface area contributed by atoms with Crippen LogP contribution in [0.15, 0.2) is 0 Å². The largest absolute Gasteiger partial charge is 0.467 e. The van der Waals surface area contributed by atoms with Gasteiger partial charge >= 0.3 is 5.97 Å². The molecule has 0 radical (unpaired) electrons. The van der Waals surface area contributed by atoms with Crippen LogP contribution in [0, 0.1) is 16.7 Å².